The molecule has 0 unspecified atom stereocenters. The molecule has 0 saturated carbocycles. The van der Waals surface area contributed by atoms with Crippen LogP contribution in [0.25, 0.3) is 21.7 Å². The molecule has 0 amide bonds. The largest absolute Gasteiger partial charge is 0.367 e. The molecule has 3 aromatic rings. The van der Waals surface area contributed by atoms with E-state index in [2.05, 4.69) is 5.16 Å². The smallest absolute Gasteiger partial charge is 0.231 e. The maximum absolute atomic E-state index is 6.10. The van der Waals surface area contributed by atoms with Gasteiger partial charge in [0.05, 0.1) is 5.56 Å². The normalized spacial score (nSPS) is 10.8. The van der Waals surface area contributed by atoms with Crippen molar-refractivity contribution in [3.63, 3.8) is 0 Å². The minimum atomic E-state index is 0.329. The van der Waals surface area contributed by atoms with Crippen LogP contribution in [0.3, 0.4) is 0 Å². The standard InChI is InChI=1S/C14H11ClN2OS/c1-8-5-9(7-10(15)6-8)13-12(14(16)18-17-13)11-3-2-4-19-11/h2-7H,16H2,1H3. The Labute approximate surface area is 119 Å². The number of nitrogens with two attached hydrogens (primary N) is 1. The van der Waals surface area contributed by atoms with Crippen LogP contribution in [-0.2, 0) is 0 Å². The zero-order valence-corrected chi connectivity index (χ0v) is 11.8. The number of aryl methyl sites for hydroxylation is 1. The van der Waals surface area contributed by atoms with Crippen molar-refractivity contribution in [2.24, 2.45) is 0 Å². The van der Waals surface area contributed by atoms with Gasteiger partial charge >= 0.3 is 0 Å². The Morgan fingerprint density at radius 3 is 2.84 bits per heavy atom. The molecule has 2 N–H and O–H groups in total. The third kappa shape index (κ3) is 2.25. The Morgan fingerprint density at radius 2 is 2.16 bits per heavy atom. The Morgan fingerprint density at radius 1 is 1.32 bits per heavy atom. The number of halogens is 1. The van der Waals surface area contributed by atoms with Crippen molar-refractivity contribution in [3.8, 4) is 21.7 Å². The molecule has 2 aromatic heterocycles. The Balaban J connectivity index is 2.21. The molecule has 0 aliphatic rings. The first kappa shape index (κ1) is 12.3. The lowest BCUT2D eigenvalue weighted by Crippen LogP contribution is -1.86. The van der Waals surface area contributed by atoms with Crippen LogP contribution in [0.5, 0.6) is 0 Å². The summed E-state index contributed by atoms with van der Waals surface area (Å²) in [7, 11) is 0. The van der Waals surface area contributed by atoms with Crippen LogP contribution in [0.4, 0.5) is 5.88 Å². The summed E-state index contributed by atoms with van der Waals surface area (Å²) < 4.78 is 5.14. The van der Waals surface area contributed by atoms with Gasteiger partial charge in [-0.3, -0.25) is 0 Å². The molecular weight excluding hydrogens is 280 g/mol. The topological polar surface area (TPSA) is 52.0 Å². The molecule has 0 spiro atoms. The first-order valence-electron chi connectivity index (χ1n) is 5.72. The predicted molar refractivity (Wildman–Crippen MR) is 79.4 cm³/mol. The highest BCUT2D eigenvalue weighted by atomic mass is 35.5. The van der Waals surface area contributed by atoms with E-state index in [1.54, 1.807) is 11.3 Å². The van der Waals surface area contributed by atoms with Crippen LogP contribution >= 0.6 is 22.9 Å². The summed E-state index contributed by atoms with van der Waals surface area (Å²) in [6.07, 6.45) is 0. The molecule has 0 fully saturated rings. The molecular formula is C14H11ClN2OS. The van der Waals surface area contributed by atoms with Gasteiger partial charge in [0, 0.05) is 15.5 Å². The number of nitrogen functional groups attached to an aromatic ring is 1. The SMILES string of the molecule is Cc1cc(Cl)cc(-c2noc(N)c2-c2cccs2)c1. The summed E-state index contributed by atoms with van der Waals surface area (Å²) in [6.45, 7) is 1.99. The predicted octanol–water partition coefficient (Wildman–Crippen LogP) is 4.61. The summed E-state index contributed by atoms with van der Waals surface area (Å²) in [5.41, 5.74) is 9.43. The van der Waals surface area contributed by atoms with Gasteiger partial charge in [-0.2, -0.15) is 0 Å². The van der Waals surface area contributed by atoms with Gasteiger partial charge in [-0.15, -0.1) is 11.3 Å². The number of anilines is 1. The molecule has 2 heterocycles. The van der Waals surface area contributed by atoms with Gasteiger partial charge in [-0.1, -0.05) is 22.8 Å². The summed E-state index contributed by atoms with van der Waals surface area (Å²) in [6, 6.07) is 9.75. The monoisotopic (exact) mass is 290 g/mol. The van der Waals surface area contributed by atoms with Crippen molar-refractivity contribution in [2.75, 3.05) is 5.73 Å². The van der Waals surface area contributed by atoms with Crippen molar-refractivity contribution in [3.05, 3.63) is 46.3 Å². The Hall–Kier alpha value is -1.78. The van der Waals surface area contributed by atoms with E-state index in [1.807, 2.05) is 42.6 Å². The van der Waals surface area contributed by atoms with Gasteiger partial charge < -0.3 is 10.3 Å². The van der Waals surface area contributed by atoms with Crippen molar-refractivity contribution in [2.45, 2.75) is 6.92 Å². The van der Waals surface area contributed by atoms with Gasteiger partial charge in [0.15, 0.2) is 0 Å². The Kier molecular flexibility index (Phi) is 3.05. The quantitative estimate of drug-likeness (QED) is 0.749. The fourth-order valence-electron chi connectivity index (χ4n) is 2.03. The second-order valence-corrected chi connectivity index (χ2v) is 5.65. The average molecular weight is 291 g/mol. The van der Waals surface area contributed by atoms with E-state index in [9.17, 15) is 0 Å². The lowest BCUT2D eigenvalue weighted by atomic mass is 10.0. The fraction of sp³-hybridized carbons (Fsp3) is 0.0714. The summed E-state index contributed by atoms with van der Waals surface area (Å²) in [4.78, 5) is 1.03. The number of nitrogens with zero attached hydrogens (tertiary/aromatic N) is 1. The molecule has 0 atom stereocenters. The zero-order valence-electron chi connectivity index (χ0n) is 10.2. The first-order chi connectivity index (χ1) is 9.15. The summed E-state index contributed by atoms with van der Waals surface area (Å²) in [5.74, 6) is 0.329. The maximum atomic E-state index is 6.10. The van der Waals surface area contributed by atoms with Crippen LogP contribution in [0, 0.1) is 6.92 Å². The molecule has 0 radical (unpaired) electrons. The highest BCUT2D eigenvalue weighted by Gasteiger charge is 2.18. The third-order valence-electron chi connectivity index (χ3n) is 2.80. The number of hydrogen-bond acceptors (Lipinski definition) is 4. The van der Waals surface area contributed by atoms with E-state index >= 15 is 0 Å². The molecule has 0 aliphatic carbocycles. The fourth-order valence-corrected chi connectivity index (χ4v) is 3.10. The number of hydrogen-bond donors (Lipinski definition) is 1. The maximum Gasteiger partial charge on any atom is 0.231 e. The number of benzene rings is 1. The molecule has 96 valence electrons. The van der Waals surface area contributed by atoms with Crippen LogP contribution in [0.2, 0.25) is 5.02 Å². The van der Waals surface area contributed by atoms with Crippen LogP contribution in [0.1, 0.15) is 5.56 Å². The summed E-state index contributed by atoms with van der Waals surface area (Å²) >= 11 is 7.70. The zero-order chi connectivity index (χ0) is 13.4. The van der Waals surface area contributed by atoms with E-state index in [1.165, 1.54) is 0 Å². The van der Waals surface area contributed by atoms with E-state index in [-0.39, 0.29) is 0 Å². The summed E-state index contributed by atoms with van der Waals surface area (Å²) in [5, 5.41) is 6.74. The molecule has 1 aromatic carbocycles. The third-order valence-corrected chi connectivity index (χ3v) is 3.91. The van der Waals surface area contributed by atoms with E-state index in [0.717, 1.165) is 27.3 Å². The Bertz CT molecular complexity index is 699. The van der Waals surface area contributed by atoms with Crippen LogP contribution in [-0.4, -0.2) is 5.16 Å². The number of rotatable bonds is 2. The molecule has 0 bridgehead atoms. The molecule has 3 nitrogen and oxygen atoms in total. The van der Waals surface area contributed by atoms with Crippen LogP contribution in [0.15, 0.2) is 40.2 Å². The first-order valence-corrected chi connectivity index (χ1v) is 6.97. The van der Waals surface area contributed by atoms with Crippen molar-refractivity contribution in [1.82, 2.24) is 5.16 Å². The molecule has 19 heavy (non-hydrogen) atoms. The number of thiophene rings is 1. The van der Waals surface area contributed by atoms with Gasteiger partial charge in [-0.25, -0.2) is 0 Å². The van der Waals surface area contributed by atoms with Crippen molar-refractivity contribution in [1.29, 1.82) is 0 Å². The van der Waals surface area contributed by atoms with Gasteiger partial charge in [0.25, 0.3) is 0 Å². The lowest BCUT2D eigenvalue weighted by Gasteiger charge is -2.03. The minimum absolute atomic E-state index is 0.329. The van der Waals surface area contributed by atoms with Crippen molar-refractivity contribution >= 4 is 28.8 Å². The highest BCUT2D eigenvalue weighted by molar-refractivity contribution is 7.13. The lowest BCUT2D eigenvalue weighted by molar-refractivity contribution is 0.439. The molecule has 0 aliphatic heterocycles. The van der Waals surface area contributed by atoms with Crippen LogP contribution < -0.4 is 5.73 Å². The second kappa shape index (κ2) is 4.72. The number of aromatic nitrogens is 1. The minimum Gasteiger partial charge on any atom is -0.367 e. The van der Waals surface area contributed by atoms with E-state index in [0.29, 0.717) is 10.9 Å². The average Bonchev–Trinajstić information content (AvgIpc) is 2.96. The molecule has 5 heteroatoms. The van der Waals surface area contributed by atoms with Gasteiger partial charge in [-0.05, 0) is 42.1 Å². The second-order valence-electron chi connectivity index (χ2n) is 4.26. The highest BCUT2D eigenvalue weighted by Crippen LogP contribution is 2.39. The van der Waals surface area contributed by atoms with E-state index < -0.39 is 0 Å². The molecule has 3 rings (SSSR count). The van der Waals surface area contributed by atoms with Gasteiger partial charge in [0.2, 0.25) is 5.88 Å². The molecule has 0 saturated heterocycles. The van der Waals surface area contributed by atoms with E-state index in [4.69, 9.17) is 21.9 Å². The van der Waals surface area contributed by atoms with Gasteiger partial charge in [0.1, 0.15) is 5.69 Å². The van der Waals surface area contributed by atoms with Crippen molar-refractivity contribution < 1.29 is 4.52 Å².